The second-order valence-corrected chi connectivity index (χ2v) is 5.08. The van der Waals surface area contributed by atoms with Crippen molar-refractivity contribution in [2.45, 2.75) is 25.7 Å². The third-order valence-corrected chi connectivity index (χ3v) is 3.80. The molecule has 0 bridgehead atoms. The fourth-order valence-corrected chi connectivity index (χ4v) is 2.80. The second kappa shape index (κ2) is 5.04. The molecule has 0 heterocycles. The SMILES string of the molecule is ClCCCC#Cc1ccc2c3c(cccc13)CC2. The van der Waals surface area contributed by atoms with Crippen LogP contribution in [0.3, 0.4) is 0 Å². The first-order chi connectivity index (χ1) is 8.90. The molecule has 0 atom stereocenters. The van der Waals surface area contributed by atoms with Crippen LogP contribution in [0.5, 0.6) is 0 Å². The maximum absolute atomic E-state index is 5.66. The monoisotopic (exact) mass is 254 g/mol. The van der Waals surface area contributed by atoms with E-state index in [1.54, 1.807) is 0 Å². The average molecular weight is 255 g/mol. The number of halogens is 1. The molecule has 0 saturated heterocycles. The van der Waals surface area contributed by atoms with Gasteiger partial charge in [-0.25, -0.2) is 0 Å². The van der Waals surface area contributed by atoms with Gasteiger partial charge in [0.25, 0.3) is 0 Å². The van der Waals surface area contributed by atoms with Crippen LogP contribution < -0.4 is 0 Å². The smallest absolute Gasteiger partial charge is 0.0323 e. The Balaban J connectivity index is 2.06. The third kappa shape index (κ3) is 2.00. The Morgan fingerprint density at radius 3 is 2.72 bits per heavy atom. The maximum atomic E-state index is 5.66. The highest BCUT2D eigenvalue weighted by atomic mass is 35.5. The van der Waals surface area contributed by atoms with E-state index in [0.717, 1.165) is 18.4 Å². The van der Waals surface area contributed by atoms with Crippen molar-refractivity contribution >= 4 is 22.4 Å². The van der Waals surface area contributed by atoms with Crippen molar-refractivity contribution in [2.24, 2.45) is 0 Å². The van der Waals surface area contributed by atoms with Gasteiger partial charge in [0.2, 0.25) is 0 Å². The summed E-state index contributed by atoms with van der Waals surface area (Å²) in [5, 5.41) is 2.77. The van der Waals surface area contributed by atoms with Crippen molar-refractivity contribution < 1.29 is 0 Å². The highest BCUT2D eigenvalue weighted by molar-refractivity contribution is 6.17. The number of aryl methyl sites for hydroxylation is 2. The van der Waals surface area contributed by atoms with Gasteiger partial charge in [-0.2, -0.15) is 0 Å². The molecular weight excluding hydrogens is 240 g/mol. The molecule has 0 aliphatic heterocycles. The summed E-state index contributed by atoms with van der Waals surface area (Å²) in [6, 6.07) is 11.0. The first kappa shape index (κ1) is 11.6. The highest BCUT2D eigenvalue weighted by Crippen LogP contribution is 2.32. The maximum Gasteiger partial charge on any atom is 0.0323 e. The fourth-order valence-electron chi connectivity index (χ4n) is 2.67. The summed E-state index contributed by atoms with van der Waals surface area (Å²) in [5.74, 6) is 7.21. The summed E-state index contributed by atoms with van der Waals surface area (Å²) in [6.45, 7) is 0. The van der Waals surface area contributed by atoms with Gasteiger partial charge < -0.3 is 0 Å². The van der Waals surface area contributed by atoms with Crippen LogP contribution in [0, 0.1) is 11.8 Å². The molecule has 18 heavy (non-hydrogen) atoms. The molecule has 1 aliphatic carbocycles. The number of rotatable bonds is 2. The number of hydrogen-bond acceptors (Lipinski definition) is 0. The van der Waals surface area contributed by atoms with Gasteiger partial charge in [-0.15, -0.1) is 11.6 Å². The van der Waals surface area contributed by atoms with Gasteiger partial charge in [-0.05, 0) is 47.2 Å². The van der Waals surface area contributed by atoms with Crippen molar-refractivity contribution in [2.75, 3.05) is 5.88 Å². The van der Waals surface area contributed by atoms with Crippen LogP contribution in [0.1, 0.15) is 29.5 Å². The molecule has 0 aromatic heterocycles. The van der Waals surface area contributed by atoms with Crippen LogP contribution in [0.25, 0.3) is 10.8 Å². The number of alkyl halides is 1. The Morgan fingerprint density at radius 2 is 1.89 bits per heavy atom. The molecule has 0 saturated carbocycles. The Bertz CT molecular complexity index is 633. The third-order valence-electron chi connectivity index (χ3n) is 3.54. The lowest BCUT2D eigenvalue weighted by Crippen LogP contribution is -1.84. The van der Waals surface area contributed by atoms with E-state index in [4.69, 9.17) is 11.6 Å². The number of unbranched alkanes of at least 4 members (excludes halogenated alkanes) is 1. The normalized spacial score (nSPS) is 12.5. The van der Waals surface area contributed by atoms with Crippen molar-refractivity contribution in [3.8, 4) is 11.8 Å². The van der Waals surface area contributed by atoms with Gasteiger partial charge in [0.1, 0.15) is 0 Å². The van der Waals surface area contributed by atoms with Crippen molar-refractivity contribution in [1.29, 1.82) is 0 Å². The molecule has 0 spiro atoms. The quantitative estimate of drug-likeness (QED) is 0.426. The van der Waals surface area contributed by atoms with E-state index in [9.17, 15) is 0 Å². The summed E-state index contributed by atoms with van der Waals surface area (Å²) in [6.07, 6.45) is 4.20. The second-order valence-electron chi connectivity index (χ2n) is 4.71. The Kier molecular flexibility index (Phi) is 3.26. The van der Waals surface area contributed by atoms with Crippen molar-refractivity contribution in [1.82, 2.24) is 0 Å². The van der Waals surface area contributed by atoms with Crippen LogP contribution >= 0.6 is 11.6 Å². The largest absolute Gasteiger partial charge is 0.127 e. The topological polar surface area (TPSA) is 0 Å². The lowest BCUT2D eigenvalue weighted by Gasteiger charge is -2.03. The molecule has 90 valence electrons. The summed E-state index contributed by atoms with van der Waals surface area (Å²) in [5.41, 5.74) is 4.12. The molecular formula is C17H15Cl. The Labute approximate surface area is 113 Å². The Morgan fingerprint density at radius 1 is 1.06 bits per heavy atom. The minimum Gasteiger partial charge on any atom is -0.127 e. The lowest BCUT2D eigenvalue weighted by molar-refractivity contribution is 0.991. The van der Waals surface area contributed by atoms with E-state index < -0.39 is 0 Å². The van der Waals surface area contributed by atoms with Crippen LogP contribution in [0.4, 0.5) is 0 Å². The predicted molar refractivity (Wildman–Crippen MR) is 78.2 cm³/mol. The summed E-state index contributed by atoms with van der Waals surface area (Å²) >= 11 is 5.66. The Hall–Kier alpha value is -1.45. The van der Waals surface area contributed by atoms with E-state index in [1.807, 2.05) is 0 Å². The molecule has 2 aromatic rings. The van der Waals surface area contributed by atoms with Gasteiger partial charge in [-0.3, -0.25) is 0 Å². The van der Waals surface area contributed by atoms with Crippen molar-refractivity contribution in [3.05, 3.63) is 47.0 Å². The van der Waals surface area contributed by atoms with Gasteiger partial charge in [0.05, 0.1) is 0 Å². The van der Waals surface area contributed by atoms with E-state index in [2.05, 4.69) is 42.2 Å². The summed E-state index contributed by atoms with van der Waals surface area (Å²) in [4.78, 5) is 0. The molecule has 0 nitrogen and oxygen atoms in total. The molecule has 0 fully saturated rings. The number of hydrogen-bond donors (Lipinski definition) is 0. The van der Waals surface area contributed by atoms with Gasteiger partial charge in [-0.1, -0.05) is 36.1 Å². The zero-order chi connectivity index (χ0) is 12.4. The number of benzene rings is 2. The molecule has 3 rings (SSSR count). The van der Waals surface area contributed by atoms with E-state index in [-0.39, 0.29) is 0 Å². The summed E-state index contributed by atoms with van der Waals surface area (Å²) < 4.78 is 0. The molecule has 0 amide bonds. The molecule has 1 aliphatic rings. The molecule has 0 radical (unpaired) electrons. The van der Waals surface area contributed by atoms with E-state index >= 15 is 0 Å². The molecule has 0 unspecified atom stereocenters. The average Bonchev–Trinajstić information content (AvgIpc) is 2.82. The zero-order valence-electron chi connectivity index (χ0n) is 10.3. The standard InChI is InChI=1S/C17H15Cl/c18-12-3-1-2-5-13-8-9-15-11-10-14-6-4-7-16(13)17(14)15/h4,6-9H,1,3,10-12H2. The minimum atomic E-state index is 0.693. The van der Waals surface area contributed by atoms with Gasteiger partial charge >= 0.3 is 0 Å². The first-order valence-corrected chi connectivity index (χ1v) is 7.02. The fraction of sp³-hybridized carbons (Fsp3) is 0.294. The predicted octanol–water partition coefficient (Wildman–Crippen LogP) is 4.31. The van der Waals surface area contributed by atoms with Crippen LogP contribution in [-0.4, -0.2) is 5.88 Å². The molecule has 0 N–H and O–H groups in total. The van der Waals surface area contributed by atoms with Crippen LogP contribution in [-0.2, 0) is 12.8 Å². The van der Waals surface area contributed by atoms with Gasteiger partial charge in [0, 0.05) is 17.9 Å². The van der Waals surface area contributed by atoms with E-state index in [0.29, 0.717) is 5.88 Å². The summed E-state index contributed by atoms with van der Waals surface area (Å²) in [7, 11) is 0. The van der Waals surface area contributed by atoms with Crippen LogP contribution in [0.2, 0.25) is 0 Å². The minimum absolute atomic E-state index is 0.693. The van der Waals surface area contributed by atoms with Crippen molar-refractivity contribution in [3.63, 3.8) is 0 Å². The van der Waals surface area contributed by atoms with E-state index in [1.165, 1.54) is 34.7 Å². The zero-order valence-corrected chi connectivity index (χ0v) is 11.1. The molecule has 1 heteroatoms. The highest BCUT2D eigenvalue weighted by Gasteiger charge is 2.14. The first-order valence-electron chi connectivity index (χ1n) is 6.48. The lowest BCUT2D eigenvalue weighted by atomic mass is 10.00. The van der Waals surface area contributed by atoms with Gasteiger partial charge in [0.15, 0.2) is 0 Å². The van der Waals surface area contributed by atoms with Crippen LogP contribution in [0.15, 0.2) is 30.3 Å². The molecule has 2 aromatic carbocycles.